The van der Waals surface area contributed by atoms with Crippen LogP contribution in [0.1, 0.15) is 10.4 Å². The second-order valence-corrected chi connectivity index (χ2v) is 3.95. The van der Waals surface area contributed by atoms with Crippen molar-refractivity contribution < 1.29 is 14.0 Å². The summed E-state index contributed by atoms with van der Waals surface area (Å²) < 4.78 is 5.21. The molecule has 0 aliphatic rings. The fraction of sp³-hybridized carbons (Fsp3) is 0.182. The van der Waals surface area contributed by atoms with Crippen molar-refractivity contribution in [2.75, 3.05) is 13.6 Å². The van der Waals surface area contributed by atoms with Gasteiger partial charge in [-0.05, 0) is 30.4 Å². The zero-order valence-corrected chi connectivity index (χ0v) is 10.4. The molecule has 0 saturated carbocycles. The van der Waals surface area contributed by atoms with E-state index in [2.05, 4.69) is 15.6 Å². The molecule has 0 aliphatic carbocycles. The number of H-pyrrole nitrogens is 1. The topological polar surface area (TPSA) is 87.1 Å². The minimum Gasteiger partial charge on any atom is -0.429 e. The van der Waals surface area contributed by atoms with Crippen molar-refractivity contribution in [3.8, 4) is 0 Å². The largest absolute Gasteiger partial charge is 0.429 e. The number of hydrogen-bond donors (Lipinski definition) is 3. The standard InChI is InChI=1S/C11H11N3O3S/c1-12-9(15)5-13-10(16)6-2-3-7-8(4-6)17-11(18)14-7/h2-4H,5H2,1H3,(H,12,15)(H,13,16)(H,14,18). The summed E-state index contributed by atoms with van der Waals surface area (Å²) >= 11 is 4.85. The summed E-state index contributed by atoms with van der Waals surface area (Å²) in [7, 11) is 1.50. The summed E-state index contributed by atoms with van der Waals surface area (Å²) in [6, 6.07) is 4.90. The lowest BCUT2D eigenvalue weighted by Crippen LogP contribution is -2.35. The summed E-state index contributed by atoms with van der Waals surface area (Å²) in [6.07, 6.45) is 0. The number of likely N-dealkylation sites (N-methyl/N-ethyl adjacent to an activating group) is 1. The molecule has 2 amide bonds. The fourth-order valence-electron chi connectivity index (χ4n) is 1.44. The zero-order valence-electron chi connectivity index (χ0n) is 9.57. The highest BCUT2D eigenvalue weighted by molar-refractivity contribution is 7.71. The van der Waals surface area contributed by atoms with E-state index in [9.17, 15) is 9.59 Å². The highest BCUT2D eigenvalue weighted by Crippen LogP contribution is 2.15. The van der Waals surface area contributed by atoms with Gasteiger partial charge in [0.2, 0.25) is 5.91 Å². The Morgan fingerprint density at radius 1 is 1.44 bits per heavy atom. The summed E-state index contributed by atoms with van der Waals surface area (Å²) in [5.74, 6) is -0.605. The van der Waals surface area contributed by atoms with Gasteiger partial charge < -0.3 is 20.0 Å². The number of hydrogen-bond acceptors (Lipinski definition) is 4. The Morgan fingerprint density at radius 2 is 2.22 bits per heavy atom. The summed E-state index contributed by atoms with van der Waals surface area (Å²) in [6.45, 7) is -0.0655. The van der Waals surface area contributed by atoms with Gasteiger partial charge in [0.15, 0.2) is 5.58 Å². The first-order valence-corrected chi connectivity index (χ1v) is 5.62. The maximum absolute atomic E-state index is 11.7. The second kappa shape index (κ2) is 5.01. The van der Waals surface area contributed by atoms with E-state index in [1.54, 1.807) is 18.2 Å². The average Bonchev–Trinajstić information content (AvgIpc) is 2.74. The molecule has 3 N–H and O–H groups in total. The van der Waals surface area contributed by atoms with Crippen LogP contribution in [-0.2, 0) is 4.79 Å². The Bertz CT molecular complexity index is 659. The predicted molar refractivity (Wildman–Crippen MR) is 67.8 cm³/mol. The molecule has 6 nitrogen and oxygen atoms in total. The highest BCUT2D eigenvalue weighted by atomic mass is 32.1. The monoisotopic (exact) mass is 265 g/mol. The van der Waals surface area contributed by atoms with Gasteiger partial charge in [0, 0.05) is 12.6 Å². The van der Waals surface area contributed by atoms with Gasteiger partial charge >= 0.3 is 0 Å². The van der Waals surface area contributed by atoms with E-state index in [-0.39, 0.29) is 23.2 Å². The van der Waals surface area contributed by atoms with E-state index in [0.717, 1.165) is 5.52 Å². The second-order valence-electron chi connectivity index (χ2n) is 3.58. The molecule has 7 heteroatoms. The fourth-order valence-corrected chi connectivity index (χ4v) is 1.64. The van der Waals surface area contributed by atoms with Crippen molar-refractivity contribution in [1.82, 2.24) is 15.6 Å². The Hall–Kier alpha value is -2.15. The van der Waals surface area contributed by atoms with Crippen LogP contribution in [0.15, 0.2) is 22.6 Å². The Labute approximate surface area is 107 Å². The number of carbonyl (C=O) groups is 2. The van der Waals surface area contributed by atoms with Crippen molar-refractivity contribution >= 4 is 35.1 Å². The quantitative estimate of drug-likeness (QED) is 0.722. The number of nitrogens with one attached hydrogen (secondary N) is 3. The van der Waals surface area contributed by atoms with E-state index < -0.39 is 0 Å². The lowest BCUT2D eigenvalue weighted by Gasteiger charge is -2.03. The van der Waals surface area contributed by atoms with Crippen molar-refractivity contribution in [2.45, 2.75) is 0 Å². The van der Waals surface area contributed by atoms with Crippen LogP contribution in [-0.4, -0.2) is 30.4 Å². The minimum atomic E-state index is -0.345. The van der Waals surface area contributed by atoms with Gasteiger partial charge in [-0.3, -0.25) is 9.59 Å². The number of rotatable bonds is 3. The molecule has 1 aromatic carbocycles. The molecule has 18 heavy (non-hydrogen) atoms. The van der Waals surface area contributed by atoms with Gasteiger partial charge in [0.05, 0.1) is 12.1 Å². The van der Waals surface area contributed by atoms with Crippen molar-refractivity contribution in [3.05, 3.63) is 28.6 Å². The summed E-state index contributed by atoms with van der Waals surface area (Å²) in [5.41, 5.74) is 1.64. The third-order valence-corrected chi connectivity index (χ3v) is 2.56. The first kappa shape index (κ1) is 12.3. The summed E-state index contributed by atoms with van der Waals surface area (Å²) in [4.78, 5) is 25.8. The number of benzene rings is 1. The van der Waals surface area contributed by atoms with Gasteiger partial charge in [-0.1, -0.05) is 0 Å². The maximum Gasteiger partial charge on any atom is 0.266 e. The highest BCUT2D eigenvalue weighted by Gasteiger charge is 2.09. The minimum absolute atomic E-state index is 0.0655. The first-order chi connectivity index (χ1) is 8.60. The van der Waals surface area contributed by atoms with Crippen molar-refractivity contribution in [1.29, 1.82) is 0 Å². The molecule has 0 spiro atoms. The molecule has 0 radical (unpaired) electrons. The van der Waals surface area contributed by atoms with E-state index in [1.165, 1.54) is 7.05 Å². The number of aromatic amines is 1. The van der Waals surface area contributed by atoms with Gasteiger partial charge in [0.1, 0.15) is 0 Å². The average molecular weight is 265 g/mol. The van der Waals surface area contributed by atoms with Crippen LogP contribution in [0.25, 0.3) is 11.1 Å². The number of fused-ring (bicyclic) bond motifs is 1. The molecule has 2 aromatic rings. The van der Waals surface area contributed by atoms with E-state index in [0.29, 0.717) is 11.1 Å². The number of carbonyl (C=O) groups excluding carboxylic acids is 2. The number of aromatic nitrogens is 1. The number of amides is 2. The van der Waals surface area contributed by atoms with E-state index in [4.69, 9.17) is 16.6 Å². The van der Waals surface area contributed by atoms with Crippen LogP contribution in [0.3, 0.4) is 0 Å². The Balaban J connectivity index is 2.17. The molecule has 94 valence electrons. The van der Waals surface area contributed by atoms with Gasteiger partial charge in [0.25, 0.3) is 10.7 Å². The van der Waals surface area contributed by atoms with Gasteiger partial charge in [-0.25, -0.2) is 0 Å². The zero-order chi connectivity index (χ0) is 13.1. The van der Waals surface area contributed by atoms with Gasteiger partial charge in [-0.2, -0.15) is 0 Å². The lowest BCUT2D eigenvalue weighted by atomic mass is 10.2. The maximum atomic E-state index is 11.7. The van der Waals surface area contributed by atoms with Crippen LogP contribution in [0.5, 0.6) is 0 Å². The molecule has 0 atom stereocenters. The van der Waals surface area contributed by atoms with Crippen molar-refractivity contribution in [3.63, 3.8) is 0 Å². The molecule has 1 heterocycles. The Kier molecular flexibility index (Phi) is 3.42. The number of oxazole rings is 1. The van der Waals surface area contributed by atoms with E-state index in [1.807, 2.05) is 0 Å². The van der Waals surface area contributed by atoms with Crippen LogP contribution >= 0.6 is 12.2 Å². The molecule has 0 bridgehead atoms. The lowest BCUT2D eigenvalue weighted by molar-refractivity contribution is -0.119. The molecule has 0 unspecified atom stereocenters. The predicted octanol–water partition coefficient (Wildman–Crippen LogP) is 0.966. The van der Waals surface area contributed by atoms with Crippen LogP contribution in [0.2, 0.25) is 0 Å². The van der Waals surface area contributed by atoms with Crippen LogP contribution in [0, 0.1) is 4.84 Å². The molecule has 0 saturated heterocycles. The summed E-state index contributed by atoms with van der Waals surface area (Å²) in [5, 5.41) is 4.91. The normalized spacial score (nSPS) is 10.3. The molecular weight excluding hydrogens is 254 g/mol. The molecule has 1 aromatic heterocycles. The molecular formula is C11H11N3O3S. The van der Waals surface area contributed by atoms with Gasteiger partial charge in [-0.15, -0.1) is 0 Å². The van der Waals surface area contributed by atoms with Crippen LogP contribution < -0.4 is 10.6 Å². The third kappa shape index (κ3) is 2.57. The molecule has 2 rings (SSSR count). The smallest absolute Gasteiger partial charge is 0.266 e. The van der Waals surface area contributed by atoms with Crippen LogP contribution in [0.4, 0.5) is 0 Å². The van der Waals surface area contributed by atoms with Crippen molar-refractivity contribution in [2.24, 2.45) is 0 Å². The molecule has 0 aliphatic heterocycles. The first-order valence-electron chi connectivity index (χ1n) is 5.22. The van der Waals surface area contributed by atoms with E-state index >= 15 is 0 Å². The third-order valence-electron chi connectivity index (χ3n) is 2.37. The SMILES string of the molecule is CNC(=O)CNC(=O)c1ccc2[nH]c(=S)oc2c1. The Morgan fingerprint density at radius 3 is 2.94 bits per heavy atom. The molecule has 0 fully saturated rings.